The zero-order valence-corrected chi connectivity index (χ0v) is 29.3. The largest absolute Gasteiger partial charge is 0.456 e. The Bertz CT molecular complexity index is 3230. The number of furan rings is 1. The molecule has 0 aliphatic carbocycles. The first kappa shape index (κ1) is 26.4. The van der Waals surface area contributed by atoms with E-state index in [4.69, 9.17) is 19.4 Å². The zero-order valence-electron chi connectivity index (χ0n) is 35.3. The van der Waals surface area contributed by atoms with E-state index in [0.29, 0.717) is 28.3 Å². The maximum atomic E-state index is 9.63. The Hall–Kier alpha value is -7.43. The summed E-state index contributed by atoms with van der Waals surface area (Å²) >= 11 is 0. The van der Waals surface area contributed by atoms with E-state index in [-0.39, 0.29) is 75.1 Å². The molecule has 0 fully saturated rings. The van der Waals surface area contributed by atoms with Gasteiger partial charge in [0.1, 0.15) is 11.2 Å². The summed E-state index contributed by atoms with van der Waals surface area (Å²) < 4.78 is 62.6. The fourth-order valence-electron chi connectivity index (χ4n) is 6.79. The average Bonchev–Trinajstić information content (AvgIpc) is 3.73. The molecule has 10 aromatic rings. The Labute approximate surface area is 327 Å². The highest BCUT2D eigenvalue weighted by Crippen LogP contribution is 2.38. The standard InChI is InChI=1S/C51H33N3O/c1-5-13-34(14-6-1)37-21-23-39(24-22-37)50-52-49(38-19-11-4-12-20-38)53-51(54-50)41-25-27-45-46-32-40(26-28-47(46)55-48(45)33-41)44-30-42(35-15-7-2-8-16-35)29-43(31-44)36-17-9-3-10-18-36/h1-33H/i25D,26D,27D,28D,32D,33D. The Morgan fingerprint density at radius 2 is 0.709 bits per heavy atom. The van der Waals surface area contributed by atoms with Gasteiger partial charge in [0.2, 0.25) is 0 Å². The summed E-state index contributed by atoms with van der Waals surface area (Å²) in [7, 11) is 0. The lowest BCUT2D eigenvalue weighted by atomic mass is 9.93. The molecule has 0 N–H and O–H groups in total. The van der Waals surface area contributed by atoms with Crippen LogP contribution in [0, 0.1) is 0 Å². The number of hydrogen-bond donors (Lipinski definition) is 0. The lowest BCUT2D eigenvalue weighted by Gasteiger charge is -2.11. The number of hydrogen-bond acceptors (Lipinski definition) is 4. The molecule has 0 aliphatic heterocycles. The number of aromatic nitrogens is 3. The minimum atomic E-state index is -0.337. The number of benzene rings is 8. The van der Waals surface area contributed by atoms with Gasteiger partial charge in [0.25, 0.3) is 0 Å². The molecule has 0 radical (unpaired) electrons. The van der Waals surface area contributed by atoms with E-state index in [1.165, 1.54) is 0 Å². The molecule has 0 atom stereocenters. The molecule has 0 aliphatic rings. The van der Waals surface area contributed by atoms with Gasteiger partial charge in [0, 0.05) is 27.5 Å². The van der Waals surface area contributed by atoms with E-state index in [2.05, 4.69) is 6.07 Å². The monoisotopic (exact) mass is 709 g/mol. The molecule has 4 heteroatoms. The van der Waals surface area contributed by atoms with Crippen LogP contribution in [0.2, 0.25) is 0 Å². The van der Waals surface area contributed by atoms with Crippen LogP contribution >= 0.6 is 0 Å². The van der Waals surface area contributed by atoms with Crippen molar-refractivity contribution in [3.05, 3.63) is 200 Å². The van der Waals surface area contributed by atoms with Crippen LogP contribution in [0.5, 0.6) is 0 Å². The summed E-state index contributed by atoms with van der Waals surface area (Å²) in [5.41, 5.74) is 7.56. The first-order valence-corrected chi connectivity index (χ1v) is 17.9. The third kappa shape index (κ3) is 6.36. The van der Waals surface area contributed by atoms with Crippen LogP contribution in [0.15, 0.2) is 204 Å². The van der Waals surface area contributed by atoms with Crippen LogP contribution in [-0.4, -0.2) is 15.0 Å². The average molecular weight is 710 g/mol. The van der Waals surface area contributed by atoms with E-state index in [0.717, 1.165) is 33.4 Å². The Morgan fingerprint density at radius 3 is 1.25 bits per heavy atom. The van der Waals surface area contributed by atoms with Crippen molar-refractivity contribution in [3.63, 3.8) is 0 Å². The summed E-state index contributed by atoms with van der Waals surface area (Å²) in [6.45, 7) is 0. The van der Waals surface area contributed by atoms with Crippen molar-refractivity contribution in [3.8, 4) is 78.7 Å². The van der Waals surface area contributed by atoms with Gasteiger partial charge < -0.3 is 4.42 Å². The lowest BCUT2D eigenvalue weighted by Crippen LogP contribution is -2.00. The Balaban J connectivity index is 1.17. The van der Waals surface area contributed by atoms with Gasteiger partial charge >= 0.3 is 0 Å². The highest BCUT2D eigenvalue weighted by Gasteiger charge is 2.16. The lowest BCUT2D eigenvalue weighted by molar-refractivity contribution is 0.669. The Morgan fingerprint density at radius 1 is 0.309 bits per heavy atom. The van der Waals surface area contributed by atoms with Crippen LogP contribution in [0.4, 0.5) is 0 Å². The van der Waals surface area contributed by atoms with Gasteiger partial charge in [-0.05, 0) is 86.9 Å². The van der Waals surface area contributed by atoms with Crippen molar-refractivity contribution < 1.29 is 12.6 Å². The van der Waals surface area contributed by atoms with Crippen molar-refractivity contribution in [1.82, 2.24) is 15.0 Å². The first-order chi connectivity index (χ1) is 29.7. The molecule has 0 amide bonds. The van der Waals surface area contributed by atoms with E-state index in [9.17, 15) is 8.22 Å². The molecule has 10 rings (SSSR count). The third-order valence-corrected chi connectivity index (χ3v) is 9.59. The summed E-state index contributed by atoms with van der Waals surface area (Å²) in [6.07, 6.45) is 0. The van der Waals surface area contributed by atoms with E-state index in [1.54, 1.807) is 0 Å². The van der Waals surface area contributed by atoms with Crippen LogP contribution in [0.25, 0.3) is 101 Å². The fourth-order valence-corrected chi connectivity index (χ4v) is 6.79. The molecule has 0 saturated heterocycles. The molecule has 8 aromatic carbocycles. The molecule has 0 spiro atoms. The summed E-state index contributed by atoms with van der Waals surface area (Å²) in [4.78, 5) is 14.4. The predicted molar refractivity (Wildman–Crippen MR) is 225 cm³/mol. The minimum absolute atomic E-state index is 0.00655. The number of nitrogens with zero attached hydrogens (tertiary/aromatic N) is 3. The molecule has 55 heavy (non-hydrogen) atoms. The number of fused-ring (bicyclic) bond motifs is 3. The molecule has 2 heterocycles. The van der Waals surface area contributed by atoms with Gasteiger partial charge in [-0.25, -0.2) is 15.0 Å². The topological polar surface area (TPSA) is 51.8 Å². The fraction of sp³-hybridized carbons (Fsp3) is 0. The molecule has 2 aromatic heterocycles. The van der Waals surface area contributed by atoms with Crippen molar-refractivity contribution in [1.29, 1.82) is 0 Å². The van der Waals surface area contributed by atoms with Crippen LogP contribution in [0.3, 0.4) is 0 Å². The Kier molecular flexibility index (Phi) is 6.63. The van der Waals surface area contributed by atoms with Crippen molar-refractivity contribution in [2.45, 2.75) is 0 Å². The molecule has 4 nitrogen and oxygen atoms in total. The highest BCUT2D eigenvalue weighted by molar-refractivity contribution is 6.07. The van der Waals surface area contributed by atoms with Crippen LogP contribution in [0.1, 0.15) is 8.22 Å². The van der Waals surface area contributed by atoms with E-state index < -0.39 is 0 Å². The van der Waals surface area contributed by atoms with Gasteiger partial charge in [0.05, 0.1) is 8.22 Å². The maximum absolute atomic E-state index is 9.63. The van der Waals surface area contributed by atoms with Gasteiger partial charge in [-0.2, -0.15) is 0 Å². The molecule has 0 saturated carbocycles. The zero-order chi connectivity index (χ0) is 41.8. The molecule has 0 unspecified atom stereocenters. The molecule has 0 bridgehead atoms. The van der Waals surface area contributed by atoms with Gasteiger partial charge in [-0.3, -0.25) is 0 Å². The summed E-state index contributed by atoms with van der Waals surface area (Å²) in [5, 5.41) is 0.140. The molecular formula is C51H33N3O. The smallest absolute Gasteiger partial charge is 0.164 e. The van der Waals surface area contributed by atoms with Crippen LogP contribution in [-0.2, 0) is 0 Å². The predicted octanol–water partition coefficient (Wildman–Crippen LogP) is 13.4. The van der Waals surface area contributed by atoms with Crippen molar-refractivity contribution >= 4 is 21.9 Å². The second-order valence-electron chi connectivity index (χ2n) is 13.2. The second kappa shape index (κ2) is 13.8. The van der Waals surface area contributed by atoms with Gasteiger partial charge in [-0.15, -0.1) is 0 Å². The van der Waals surface area contributed by atoms with Crippen LogP contribution < -0.4 is 0 Å². The van der Waals surface area contributed by atoms with E-state index >= 15 is 0 Å². The number of rotatable bonds is 7. The summed E-state index contributed by atoms with van der Waals surface area (Å²) in [5.74, 6) is 0.643. The van der Waals surface area contributed by atoms with Crippen molar-refractivity contribution in [2.24, 2.45) is 0 Å². The van der Waals surface area contributed by atoms with E-state index in [1.807, 2.05) is 158 Å². The van der Waals surface area contributed by atoms with Gasteiger partial charge in [-0.1, -0.05) is 158 Å². The minimum Gasteiger partial charge on any atom is -0.456 e. The quantitative estimate of drug-likeness (QED) is 0.165. The SMILES string of the molecule is [2H]c1c(-c2cc(-c3ccccc3)cc(-c3ccccc3)c2)c([2H])c2c(oc3c([2H])c(-c4nc(-c5ccccc5)nc(-c5ccc(-c6ccccc6)cc5)n4)c([2H])c([2H])c32)c1[2H]. The molecular weight excluding hydrogens is 671 g/mol. The molecule has 258 valence electrons. The van der Waals surface area contributed by atoms with Crippen molar-refractivity contribution in [2.75, 3.05) is 0 Å². The normalized spacial score (nSPS) is 12.8. The second-order valence-corrected chi connectivity index (χ2v) is 13.2. The maximum Gasteiger partial charge on any atom is 0.164 e. The third-order valence-electron chi connectivity index (χ3n) is 9.59. The first-order valence-electron chi connectivity index (χ1n) is 20.9. The summed E-state index contributed by atoms with van der Waals surface area (Å²) in [6, 6.07) is 51.1. The van der Waals surface area contributed by atoms with Gasteiger partial charge in [0.15, 0.2) is 17.5 Å². The highest BCUT2D eigenvalue weighted by atomic mass is 16.3.